The number of ether oxygens (including phenoxy) is 1. The normalized spacial score (nSPS) is 14.8. The lowest BCUT2D eigenvalue weighted by Gasteiger charge is -2.22. The largest absolute Gasteiger partial charge is 0.462 e. The Hall–Kier alpha value is -1.91. The molecule has 0 aromatic heterocycles. The van der Waals surface area contributed by atoms with Crippen molar-refractivity contribution in [1.82, 2.24) is 0 Å². The van der Waals surface area contributed by atoms with Gasteiger partial charge in [-0.2, -0.15) is 0 Å². The molecule has 1 fully saturated rings. The quantitative estimate of drug-likeness (QED) is 0.628. The molecule has 0 amide bonds. The highest BCUT2D eigenvalue weighted by atomic mass is 16.5. The minimum absolute atomic E-state index is 0.317. The van der Waals surface area contributed by atoms with E-state index >= 15 is 0 Å². The summed E-state index contributed by atoms with van der Waals surface area (Å²) in [5, 5.41) is 0. The molecule has 1 saturated heterocycles. The first-order valence-electron chi connectivity index (χ1n) is 6.25. The Morgan fingerprint density at radius 1 is 1.33 bits per heavy atom. The SMILES string of the molecule is CCOC(=O)c1c(N2CCCC2)ccc(N)c1N. The van der Waals surface area contributed by atoms with Crippen LogP contribution >= 0.6 is 0 Å². The van der Waals surface area contributed by atoms with Gasteiger partial charge in [-0.1, -0.05) is 0 Å². The third-order valence-corrected chi connectivity index (χ3v) is 3.18. The number of anilines is 3. The van der Waals surface area contributed by atoms with Gasteiger partial charge in [-0.3, -0.25) is 0 Å². The molecule has 18 heavy (non-hydrogen) atoms. The van der Waals surface area contributed by atoms with Crippen LogP contribution in [0.3, 0.4) is 0 Å². The summed E-state index contributed by atoms with van der Waals surface area (Å²) < 4.78 is 5.06. The molecule has 0 spiro atoms. The van der Waals surface area contributed by atoms with E-state index in [0.717, 1.165) is 31.6 Å². The van der Waals surface area contributed by atoms with Crippen LogP contribution in [0, 0.1) is 0 Å². The number of nitrogens with two attached hydrogens (primary N) is 2. The van der Waals surface area contributed by atoms with E-state index in [9.17, 15) is 4.79 Å². The predicted octanol–water partition coefficient (Wildman–Crippen LogP) is 1.63. The average molecular weight is 249 g/mol. The van der Waals surface area contributed by atoms with Gasteiger partial charge < -0.3 is 21.1 Å². The maximum absolute atomic E-state index is 12.0. The van der Waals surface area contributed by atoms with Crippen molar-refractivity contribution in [3.63, 3.8) is 0 Å². The summed E-state index contributed by atoms with van der Waals surface area (Å²) in [5.41, 5.74) is 13.7. The number of carbonyl (C=O) groups excluding carboxylic acids is 1. The zero-order chi connectivity index (χ0) is 13.1. The second-order valence-corrected chi connectivity index (χ2v) is 4.38. The van der Waals surface area contributed by atoms with E-state index in [0.29, 0.717) is 23.5 Å². The maximum atomic E-state index is 12.0. The second-order valence-electron chi connectivity index (χ2n) is 4.38. The molecule has 1 heterocycles. The Bertz CT molecular complexity index is 454. The standard InChI is InChI=1S/C13H19N3O2/c1-2-18-13(17)11-10(16-7-3-4-8-16)6-5-9(14)12(11)15/h5-6H,2-4,7-8,14-15H2,1H3. The van der Waals surface area contributed by atoms with E-state index in [2.05, 4.69) is 4.90 Å². The summed E-state index contributed by atoms with van der Waals surface area (Å²) in [6.07, 6.45) is 2.26. The number of hydrogen-bond donors (Lipinski definition) is 2. The van der Waals surface area contributed by atoms with E-state index in [1.807, 2.05) is 6.07 Å². The monoisotopic (exact) mass is 249 g/mol. The molecule has 5 nitrogen and oxygen atoms in total. The zero-order valence-electron chi connectivity index (χ0n) is 10.6. The van der Waals surface area contributed by atoms with Crippen molar-refractivity contribution in [3.05, 3.63) is 17.7 Å². The second kappa shape index (κ2) is 5.16. The van der Waals surface area contributed by atoms with Crippen molar-refractivity contribution >= 4 is 23.0 Å². The summed E-state index contributed by atoms with van der Waals surface area (Å²) in [6.45, 7) is 3.98. The highest BCUT2D eigenvalue weighted by molar-refractivity contribution is 6.04. The van der Waals surface area contributed by atoms with Crippen LogP contribution in [-0.4, -0.2) is 25.7 Å². The van der Waals surface area contributed by atoms with Gasteiger partial charge in [0.25, 0.3) is 0 Å². The van der Waals surface area contributed by atoms with Crippen molar-refractivity contribution < 1.29 is 9.53 Å². The van der Waals surface area contributed by atoms with E-state index in [1.165, 1.54) is 0 Å². The van der Waals surface area contributed by atoms with Crippen LogP contribution in [0.15, 0.2) is 12.1 Å². The van der Waals surface area contributed by atoms with Crippen LogP contribution in [0.2, 0.25) is 0 Å². The predicted molar refractivity (Wildman–Crippen MR) is 72.7 cm³/mol. The van der Waals surface area contributed by atoms with E-state index in [4.69, 9.17) is 16.2 Å². The Balaban J connectivity index is 2.44. The van der Waals surface area contributed by atoms with Crippen LogP contribution in [0.25, 0.3) is 0 Å². The van der Waals surface area contributed by atoms with Gasteiger partial charge in [0.05, 0.1) is 23.7 Å². The molecule has 98 valence electrons. The summed E-state index contributed by atoms with van der Waals surface area (Å²) in [7, 11) is 0. The summed E-state index contributed by atoms with van der Waals surface area (Å²) in [6, 6.07) is 3.59. The lowest BCUT2D eigenvalue weighted by molar-refractivity contribution is 0.0528. The molecule has 2 rings (SSSR count). The van der Waals surface area contributed by atoms with Gasteiger partial charge in [0.1, 0.15) is 5.56 Å². The third-order valence-electron chi connectivity index (χ3n) is 3.18. The molecule has 0 saturated carbocycles. The molecule has 0 bridgehead atoms. The molecule has 0 atom stereocenters. The number of esters is 1. The van der Waals surface area contributed by atoms with Gasteiger partial charge in [0.2, 0.25) is 0 Å². The van der Waals surface area contributed by atoms with Gasteiger partial charge in [0, 0.05) is 13.1 Å². The van der Waals surface area contributed by atoms with Crippen LogP contribution in [0.1, 0.15) is 30.1 Å². The molecule has 1 aromatic carbocycles. The Labute approximate surface area is 107 Å². The molecule has 0 radical (unpaired) electrons. The van der Waals surface area contributed by atoms with Crippen molar-refractivity contribution in [3.8, 4) is 0 Å². The fourth-order valence-electron chi connectivity index (χ4n) is 2.26. The van der Waals surface area contributed by atoms with Gasteiger partial charge in [0.15, 0.2) is 0 Å². The Kier molecular flexibility index (Phi) is 3.60. The highest BCUT2D eigenvalue weighted by Crippen LogP contribution is 2.32. The number of nitrogens with zero attached hydrogens (tertiary/aromatic N) is 1. The summed E-state index contributed by atoms with van der Waals surface area (Å²) in [4.78, 5) is 14.2. The van der Waals surface area contributed by atoms with E-state index < -0.39 is 5.97 Å². The molecule has 1 aliphatic rings. The first-order chi connectivity index (χ1) is 8.65. The minimum atomic E-state index is -0.399. The van der Waals surface area contributed by atoms with Gasteiger partial charge in [-0.05, 0) is 31.9 Å². The maximum Gasteiger partial charge on any atom is 0.342 e. The topological polar surface area (TPSA) is 81.6 Å². The smallest absolute Gasteiger partial charge is 0.342 e. The number of hydrogen-bond acceptors (Lipinski definition) is 5. The van der Waals surface area contributed by atoms with E-state index in [1.54, 1.807) is 13.0 Å². The third kappa shape index (κ3) is 2.20. The number of nitrogen functional groups attached to an aromatic ring is 2. The van der Waals surface area contributed by atoms with Crippen molar-refractivity contribution in [2.45, 2.75) is 19.8 Å². The van der Waals surface area contributed by atoms with Gasteiger partial charge in [-0.25, -0.2) is 4.79 Å². The Morgan fingerprint density at radius 3 is 2.61 bits per heavy atom. The van der Waals surface area contributed by atoms with Crippen LogP contribution in [0.4, 0.5) is 17.1 Å². The molecule has 0 aliphatic carbocycles. The Morgan fingerprint density at radius 2 is 2.00 bits per heavy atom. The molecule has 1 aliphatic heterocycles. The van der Waals surface area contributed by atoms with Crippen LogP contribution in [0.5, 0.6) is 0 Å². The molecule has 4 N–H and O–H groups in total. The van der Waals surface area contributed by atoms with Crippen LogP contribution in [-0.2, 0) is 4.74 Å². The first-order valence-corrected chi connectivity index (χ1v) is 6.25. The fourth-order valence-corrected chi connectivity index (χ4v) is 2.26. The molecule has 1 aromatic rings. The number of rotatable bonds is 3. The highest BCUT2D eigenvalue weighted by Gasteiger charge is 2.23. The average Bonchev–Trinajstić information content (AvgIpc) is 2.86. The molecular formula is C13H19N3O2. The minimum Gasteiger partial charge on any atom is -0.462 e. The fraction of sp³-hybridized carbons (Fsp3) is 0.462. The molecule has 0 unspecified atom stereocenters. The van der Waals surface area contributed by atoms with Crippen molar-refractivity contribution in [2.24, 2.45) is 0 Å². The first kappa shape index (κ1) is 12.5. The van der Waals surface area contributed by atoms with Crippen molar-refractivity contribution in [2.75, 3.05) is 36.1 Å². The van der Waals surface area contributed by atoms with Crippen LogP contribution < -0.4 is 16.4 Å². The number of benzene rings is 1. The lowest BCUT2D eigenvalue weighted by atomic mass is 10.1. The van der Waals surface area contributed by atoms with Crippen molar-refractivity contribution in [1.29, 1.82) is 0 Å². The van der Waals surface area contributed by atoms with Gasteiger partial charge >= 0.3 is 5.97 Å². The zero-order valence-corrected chi connectivity index (χ0v) is 10.6. The molecular weight excluding hydrogens is 230 g/mol. The molecule has 5 heteroatoms. The summed E-state index contributed by atoms with van der Waals surface area (Å²) >= 11 is 0. The van der Waals surface area contributed by atoms with E-state index in [-0.39, 0.29) is 0 Å². The summed E-state index contributed by atoms with van der Waals surface area (Å²) in [5.74, 6) is -0.399. The number of carbonyl (C=O) groups is 1. The van der Waals surface area contributed by atoms with Gasteiger partial charge in [-0.15, -0.1) is 0 Å². The lowest BCUT2D eigenvalue weighted by Crippen LogP contribution is -2.22.